The smallest absolute Gasteiger partial charge is 0.213 e. The van der Waals surface area contributed by atoms with Crippen molar-refractivity contribution in [3.8, 4) is 0 Å². The summed E-state index contributed by atoms with van der Waals surface area (Å²) in [6.45, 7) is 4.45. The van der Waals surface area contributed by atoms with Gasteiger partial charge in [0.2, 0.25) is 5.90 Å². The lowest BCUT2D eigenvalue weighted by Crippen LogP contribution is -2.07. The molecule has 0 radical (unpaired) electrons. The Morgan fingerprint density at radius 1 is 1.54 bits per heavy atom. The Kier molecular flexibility index (Phi) is 3.43. The average molecular weight is 178 g/mol. The predicted octanol–water partition coefficient (Wildman–Crippen LogP) is 2.01. The van der Waals surface area contributed by atoms with Gasteiger partial charge in [-0.05, 0) is 25.0 Å². The van der Waals surface area contributed by atoms with Crippen molar-refractivity contribution in [2.24, 2.45) is 0 Å². The van der Waals surface area contributed by atoms with E-state index in [0.717, 1.165) is 17.5 Å². The number of hydrogen-bond donors (Lipinski definition) is 1. The fraction of sp³-hybridized carbons (Fsp3) is 0.400. The van der Waals surface area contributed by atoms with Crippen LogP contribution in [0.5, 0.6) is 0 Å². The number of nitrogens with zero attached hydrogens (tertiary/aromatic N) is 1. The third-order valence-corrected chi connectivity index (χ3v) is 1.82. The van der Waals surface area contributed by atoms with E-state index in [2.05, 4.69) is 4.98 Å². The van der Waals surface area contributed by atoms with Gasteiger partial charge >= 0.3 is 0 Å². The highest BCUT2D eigenvalue weighted by Crippen LogP contribution is 2.08. The van der Waals surface area contributed by atoms with Crippen molar-refractivity contribution in [1.82, 2.24) is 4.98 Å². The van der Waals surface area contributed by atoms with Crippen molar-refractivity contribution in [1.29, 1.82) is 5.41 Å². The average Bonchev–Trinajstić information content (AvgIpc) is 2.18. The number of nitrogens with one attached hydrogen (secondary N) is 1. The van der Waals surface area contributed by atoms with Crippen LogP contribution in [-0.2, 0) is 11.2 Å². The molecule has 3 nitrogen and oxygen atoms in total. The summed E-state index contributed by atoms with van der Waals surface area (Å²) in [5.41, 5.74) is 1.90. The van der Waals surface area contributed by atoms with E-state index in [9.17, 15) is 0 Å². The van der Waals surface area contributed by atoms with Gasteiger partial charge in [-0.25, -0.2) is 0 Å². The van der Waals surface area contributed by atoms with E-state index in [-0.39, 0.29) is 5.90 Å². The molecule has 1 heterocycles. The first kappa shape index (κ1) is 9.71. The minimum Gasteiger partial charge on any atom is -0.478 e. The quantitative estimate of drug-likeness (QED) is 0.568. The monoisotopic (exact) mass is 178 g/mol. The highest BCUT2D eigenvalue weighted by atomic mass is 16.5. The number of ether oxygens (including phenoxy) is 1. The van der Waals surface area contributed by atoms with Crippen LogP contribution in [-0.4, -0.2) is 17.5 Å². The molecular formula is C10H14N2O. The van der Waals surface area contributed by atoms with Crippen molar-refractivity contribution in [3.05, 3.63) is 29.6 Å². The zero-order chi connectivity index (χ0) is 9.68. The maximum Gasteiger partial charge on any atom is 0.213 e. The second kappa shape index (κ2) is 4.60. The zero-order valence-corrected chi connectivity index (χ0v) is 8.00. The second-order valence-corrected chi connectivity index (χ2v) is 2.65. The molecule has 0 unspecified atom stereocenters. The van der Waals surface area contributed by atoms with Crippen LogP contribution >= 0.6 is 0 Å². The van der Waals surface area contributed by atoms with Crippen LogP contribution in [0.3, 0.4) is 0 Å². The summed E-state index contributed by atoms with van der Waals surface area (Å²) in [5, 5.41) is 7.62. The van der Waals surface area contributed by atoms with Gasteiger partial charge in [-0.1, -0.05) is 6.92 Å². The molecular weight excluding hydrogens is 164 g/mol. The molecule has 0 aliphatic rings. The third-order valence-electron chi connectivity index (χ3n) is 1.82. The van der Waals surface area contributed by atoms with Crippen molar-refractivity contribution in [3.63, 3.8) is 0 Å². The molecule has 0 aliphatic heterocycles. The summed E-state index contributed by atoms with van der Waals surface area (Å²) >= 11 is 0. The molecule has 1 N–H and O–H groups in total. The lowest BCUT2D eigenvalue weighted by Gasteiger charge is -2.08. The lowest BCUT2D eigenvalue weighted by molar-refractivity contribution is 0.325. The highest BCUT2D eigenvalue weighted by molar-refractivity contribution is 5.92. The van der Waals surface area contributed by atoms with Gasteiger partial charge in [0.25, 0.3) is 0 Å². The number of hydrogen-bond acceptors (Lipinski definition) is 3. The van der Waals surface area contributed by atoms with Gasteiger partial charge in [0.15, 0.2) is 0 Å². The number of aryl methyl sites for hydroxylation is 1. The maximum atomic E-state index is 7.62. The van der Waals surface area contributed by atoms with Gasteiger partial charge in [-0.15, -0.1) is 0 Å². The largest absolute Gasteiger partial charge is 0.478 e. The fourth-order valence-corrected chi connectivity index (χ4v) is 1.15. The molecule has 3 heteroatoms. The molecule has 0 atom stereocenters. The lowest BCUT2D eigenvalue weighted by atomic mass is 10.1. The molecule has 0 amide bonds. The van der Waals surface area contributed by atoms with E-state index in [1.807, 2.05) is 19.9 Å². The molecule has 70 valence electrons. The molecule has 0 fully saturated rings. The molecule has 1 aromatic rings. The van der Waals surface area contributed by atoms with Gasteiger partial charge in [-0.3, -0.25) is 10.4 Å². The van der Waals surface area contributed by atoms with Crippen LogP contribution in [0.25, 0.3) is 0 Å². The number of pyridine rings is 1. The molecule has 1 aromatic heterocycles. The van der Waals surface area contributed by atoms with Gasteiger partial charge in [0, 0.05) is 18.0 Å². The molecule has 0 aromatic carbocycles. The van der Waals surface area contributed by atoms with Crippen LogP contribution < -0.4 is 0 Å². The van der Waals surface area contributed by atoms with Crippen LogP contribution in [0.15, 0.2) is 18.5 Å². The van der Waals surface area contributed by atoms with Crippen LogP contribution in [0.4, 0.5) is 0 Å². The summed E-state index contributed by atoms with van der Waals surface area (Å²) in [5.74, 6) is 0.238. The normalized spacial score (nSPS) is 9.69. The van der Waals surface area contributed by atoms with E-state index in [1.165, 1.54) is 0 Å². The second-order valence-electron chi connectivity index (χ2n) is 2.65. The number of rotatable bonds is 3. The minimum atomic E-state index is 0.238. The van der Waals surface area contributed by atoms with Crippen LogP contribution in [0.2, 0.25) is 0 Å². The fourth-order valence-electron chi connectivity index (χ4n) is 1.15. The Hall–Kier alpha value is -1.38. The van der Waals surface area contributed by atoms with Gasteiger partial charge in [0.05, 0.1) is 6.61 Å². The van der Waals surface area contributed by atoms with Gasteiger partial charge < -0.3 is 4.74 Å². The van der Waals surface area contributed by atoms with E-state index in [0.29, 0.717) is 6.61 Å². The van der Waals surface area contributed by atoms with Gasteiger partial charge in [-0.2, -0.15) is 0 Å². The Labute approximate surface area is 78.3 Å². The van der Waals surface area contributed by atoms with Crippen molar-refractivity contribution < 1.29 is 4.74 Å². The van der Waals surface area contributed by atoms with E-state index in [1.54, 1.807) is 12.4 Å². The molecule has 0 spiro atoms. The summed E-state index contributed by atoms with van der Waals surface area (Å²) in [6, 6.07) is 1.82. The minimum absolute atomic E-state index is 0.238. The van der Waals surface area contributed by atoms with E-state index in [4.69, 9.17) is 10.1 Å². The summed E-state index contributed by atoms with van der Waals surface area (Å²) in [7, 11) is 0. The zero-order valence-electron chi connectivity index (χ0n) is 8.00. The number of aromatic nitrogens is 1. The SMILES string of the molecule is CCOC(=N)c1ccncc1CC. The predicted molar refractivity (Wildman–Crippen MR) is 52.1 cm³/mol. The first-order valence-corrected chi connectivity index (χ1v) is 4.44. The van der Waals surface area contributed by atoms with E-state index < -0.39 is 0 Å². The molecule has 13 heavy (non-hydrogen) atoms. The standard InChI is InChI=1S/C10H14N2O/c1-3-8-7-12-6-5-9(8)10(11)13-4-2/h5-7,11H,3-4H2,1-2H3. The highest BCUT2D eigenvalue weighted by Gasteiger charge is 2.06. The Morgan fingerprint density at radius 2 is 2.31 bits per heavy atom. The van der Waals surface area contributed by atoms with Crippen LogP contribution in [0.1, 0.15) is 25.0 Å². The summed E-state index contributed by atoms with van der Waals surface area (Å²) in [4.78, 5) is 4.01. The first-order chi connectivity index (χ1) is 6.29. The molecule has 0 saturated heterocycles. The van der Waals surface area contributed by atoms with E-state index >= 15 is 0 Å². The Bertz CT molecular complexity index is 297. The third kappa shape index (κ3) is 2.28. The summed E-state index contributed by atoms with van der Waals surface area (Å²) in [6.07, 6.45) is 4.34. The molecule has 0 saturated carbocycles. The van der Waals surface area contributed by atoms with Crippen molar-refractivity contribution >= 4 is 5.90 Å². The van der Waals surface area contributed by atoms with Crippen LogP contribution in [0, 0.1) is 5.41 Å². The Morgan fingerprint density at radius 3 is 2.92 bits per heavy atom. The van der Waals surface area contributed by atoms with Crippen molar-refractivity contribution in [2.45, 2.75) is 20.3 Å². The topological polar surface area (TPSA) is 46.0 Å². The Balaban J connectivity index is 2.92. The maximum absolute atomic E-state index is 7.62. The molecule has 0 bridgehead atoms. The molecule has 0 aliphatic carbocycles. The first-order valence-electron chi connectivity index (χ1n) is 4.44. The molecule has 1 rings (SSSR count). The van der Waals surface area contributed by atoms with Crippen molar-refractivity contribution in [2.75, 3.05) is 6.61 Å². The summed E-state index contributed by atoms with van der Waals surface area (Å²) < 4.78 is 5.13. The van der Waals surface area contributed by atoms with Gasteiger partial charge in [0.1, 0.15) is 0 Å².